The van der Waals surface area contributed by atoms with E-state index in [1.807, 2.05) is 30.6 Å². The highest BCUT2D eigenvalue weighted by molar-refractivity contribution is 7.22. The third-order valence-corrected chi connectivity index (χ3v) is 6.69. The first kappa shape index (κ1) is 19.8. The van der Waals surface area contributed by atoms with Gasteiger partial charge in [-0.1, -0.05) is 30.2 Å². The van der Waals surface area contributed by atoms with Gasteiger partial charge in [-0.15, -0.1) is 0 Å². The first-order chi connectivity index (χ1) is 15.2. The normalized spacial score (nSPS) is 18.8. The Morgan fingerprint density at radius 3 is 2.97 bits per heavy atom. The Kier molecular flexibility index (Phi) is 5.45. The molecule has 0 saturated heterocycles. The van der Waals surface area contributed by atoms with Gasteiger partial charge in [0.05, 0.1) is 39.7 Å². The predicted molar refractivity (Wildman–Crippen MR) is 121 cm³/mol. The molecule has 0 radical (unpaired) electrons. The quantitative estimate of drug-likeness (QED) is 0.470. The fourth-order valence-corrected chi connectivity index (χ4v) is 5.13. The second kappa shape index (κ2) is 8.53. The molecule has 1 aliphatic carbocycles. The Bertz CT molecular complexity index is 1260. The van der Waals surface area contributed by atoms with E-state index in [1.165, 1.54) is 5.56 Å². The fraction of sp³-hybridized carbons (Fsp3) is 0.348. The summed E-state index contributed by atoms with van der Waals surface area (Å²) in [6.45, 7) is 0.727. The van der Waals surface area contributed by atoms with E-state index in [2.05, 4.69) is 33.1 Å². The van der Waals surface area contributed by atoms with Gasteiger partial charge in [0.25, 0.3) is 0 Å². The van der Waals surface area contributed by atoms with Gasteiger partial charge in [0.2, 0.25) is 0 Å². The van der Waals surface area contributed by atoms with Gasteiger partial charge >= 0.3 is 0 Å². The van der Waals surface area contributed by atoms with Crippen molar-refractivity contribution in [3.63, 3.8) is 0 Å². The summed E-state index contributed by atoms with van der Waals surface area (Å²) < 4.78 is 8.59. The molecule has 158 valence electrons. The molecule has 2 unspecified atom stereocenters. The molecule has 5 rings (SSSR count). The number of nitriles is 1. The monoisotopic (exact) mass is 433 g/mol. The summed E-state index contributed by atoms with van der Waals surface area (Å²) >= 11 is 1.63. The number of nitrogens with one attached hydrogen (secondary N) is 1. The zero-order chi connectivity index (χ0) is 21.2. The maximum absolute atomic E-state index is 10.2. The van der Waals surface area contributed by atoms with Crippen molar-refractivity contribution in [3.8, 4) is 11.8 Å². The van der Waals surface area contributed by atoms with Crippen LogP contribution in [0.1, 0.15) is 31.2 Å². The lowest BCUT2D eigenvalue weighted by Crippen LogP contribution is -2.36. The molecule has 4 aromatic rings. The first-order valence-electron chi connectivity index (χ1n) is 10.5. The van der Waals surface area contributed by atoms with Crippen LogP contribution in [0.5, 0.6) is 5.75 Å². The van der Waals surface area contributed by atoms with Gasteiger partial charge in [0, 0.05) is 12.6 Å². The van der Waals surface area contributed by atoms with Gasteiger partial charge in [-0.25, -0.2) is 9.97 Å². The Hall–Kier alpha value is -3.15. The molecule has 1 fully saturated rings. The van der Waals surface area contributed by atoms with E-state index in [0.29, 0.717) is 12.3 Å². The van der Waals surface area contributed by atoms with Gasteiger partial charge in [0.15, 0.2) is 11.7 Å². The van der Waals surface area contributed by atoms with Crippen LogP contribution in [0.25, 0.3) is 21.3 Å². The van der Waals surface area contributed by atoms with Gasteiger partial charge < -0.3 is 19.7 Å². The Morgan fingerprint density at radius 1 is 1.19 bits per heavy atom. The number of nitrogens with zero attached hydrogens (tertiary/aromatic N) is 4. The van der Waals surface area contributed by atoms with Crippen LogP contribution in [0, 0.1) is 11.3 Å². The second-order valence-electron chi connectivity index (χ2n) is 7.89. The first-order valence-corrected chi connectivity index (χ1v) is 11.3. The molecule has 2 aromatic heterocycles. The van der Waals surface area contributed by atoms with Gasteiger partial charge in [0.1, 0.15) is 11.8 Å². The summed E-state index contributed by atoms with van der Waals surface area (Å²) in [5, 5.41) is 23.2. The number of ether oxygens (including phenoxy) is 1. The number of hydrogen-bond donors (Lipinski definition) is 2. The van der Waals surface area contributed by atoms with Crippen molar-refractivity contribution in [2.75, 3.05) is 11.9 Å². The zero-order valence-electron chi connectivity index (χ0n) is 17.0. The highest BCUT2D eigenvalue weighted by Gasteiger charge is 2.23. The molecule has 2 atom stereocenters. The number of fused-ring (bicyclic) bond motifs is 2. The van der Waals surface area contributed by atoms with Gasteiger partial charge in [-0.05, 0) is 42.7 Å². The van der Waals surface area contributed by atoms with Crippen LogP contribution in [0.15, 0.2) is 42.7 Å². The smallest absolute Gasteiger partial charge is 0.184 e. The maximum Gasteiger partial charge on any atom is 0.184 e. The molecule has 1 saturated carbocycles. The van der Waals surface area contributed by atoms with Crippen LogP contribution >= 0.6 is 11.3 Å². The van der Waals surface area contributed by atoms with E-state index in [1.54, 1.807) is 11.3 Å². The number of imidazole rings is 1. The number of aromatic nitrogens is 3. The number of thiazole rings is 1. The lowest BCUT2D eigenvalue weighted by molar-refractivity contribution is 0.116. The molecular formula is C23H23N5O2S. The number of hydrogen-bond acceptors (Lipinski definition) is 7. The average Bonchev–Trinajstić information content (AvgIpc) is 3.37. The Morgan fingerprint density at radius 2 is 2.10 bits per heavy atom. The van der Waals surface area contributed by atoms with Crippen molar-refractivity contribution in [2.45, 2.75) is 44.4 Å². The van der Waals surface area contributed by atoms with Gasteiger partial charge in [-0.3, -0.25) is 0 Å². The molecule has 31 heavy (non-hydrogen) atoms. The SMILES string of the molecule is N#CCOc1ccc2c(c1)ncn2Cc1ccc2nc(NC3CCCCC3O)sc2c1. The largest absolute Gasteiger partial charge is 0.479 e. The van der Waals surface area contributed by atoms with E-state index in [9.17, 15) is 5.11 Å². The number of aliphatic hydroxyl groups is 1. The predicted octanol–water partition coefficient (Wildman–Crippen LogP) is 4.31. The van der Waals surface area contributed by atoms with Crippen molar-refractivity contribution in [3.05, 3.63) is 48.3 Å². The molecule has 1 aliphatic rings. The number of aliphatic hydroxyl groups excluding tert-OH is 1. The lowest BCUT2D eigenvalue weighted by atomic mass is 9.93. The lowest BCUT2D eigenvalue weighted by Gasteiger charge is -2.27. The Labute approximate surface area is 183 Å². The van der Waals surface area contributed by atoms with Crippen molar-refractivity contribution >= 4 is 37.7 Å². The summed E-state index contributed by atoms with van der Waals surface area (Å²) in [5.74, 6) is 0.647. The molecule has 0 spiro atoms. The average molecular weight is 434 g/mol. The number of anilines is 1. The Balaban J connectivity index is 1.34. The highest BCUT2D eigenvalue weighted by Crippen LogP contribution is 2.30. The van der Waals surface area contributed by atoms with Crippen LogP contribution in [-0.4, -0.2) is 38.4 Å². The van der Waals surface area contributed by atoms with E-state index in [0.717, 1.165) is 52.1 Å². The zero-order valence-corrected chi connectivity index (χ0v) is 17.8. The molecular weight excluding hydrogens is 410 g/mol. The molecule has 7 nitrogen and oxygen atoms in total. The molecule has 8 heteroatoms. The minimum absolute atomic E-state index is 0.0254. The number of rotatable bonds is 6. The van der Waals surface area contributed by atoms with Crippen LogP contribution < -0.4 is 10.1 Å². The minimum Gasteiger partial charge on any atom is -0.479 e. The molecule has 2 aromatic carbocycles. The van der Waals surface area contributed by atoms with Gasteiger partial charge in [-0.2, -0.15) is 5.26 Å². The molecule has 2 heterocycles. The standard InChI is InChI=1S/C23H23N5O2S/c24-9-10-30-16-6-8-20-19(12-16)25-14-28(20)13-15-5-7-18-22(11-15)31-23(27-18)26-17-3-1-2-4-21(17)29/h5-8,11-12,14,17,21,29H,1-4,10,13H2,(H,26,27). The summed E-state index contributed by atoms with van der Waals surface area (Å²) in [4.78, 5) is 9.18. The maximum atomic E-state index is 10.2. The third-order valence-electron chi connectivity index (χ3n) is 5.74. The fourth-order valence-electron chi connectivity index (χ4n) is 4.14. The third kappa shape index (κ3) is 4.20. The molecule has 0 bridgehead atoms. The van der Waals surface area contributed by atoms with E-state index in [-0.39, 0.29) is 18.8 Å². The van der Waals surface area contributed by atoms with Crippen molar-refractivity contribution < 1.29 is 9.84 Å². The van der Waals surface area contributed by atoms with E-state index in [4.69, 9.17) is 15.0 Å². The van der Waals surface area contributed by atoms with Crippen molar-refractivity contribution in [1.82, 2.24) is 14.5 Å². The second-order valence-corrected chi connectivity index (χ2v) is 8.92. The van der Waals surface area contributed by atoms with Crippen LogP contribution in [0.3, 0.4) is 0 Å². The highest BCUT2D eigenvalue weighted by atomic mass is 32.1. The molecule has 2 N–H and O–H groups in total. The molecule has 0 amide bonds. The van der Waals surface area contributed by atoms with Crippen LogP contribution in [-0.2, 0) is 6.54 Å². The van der Waals surface area contributed by atoms with Crippen molar-refractivity contribution in [1.29, 1.82) is 5.26 Å². The van der Waals surface area contributed by atoms with E-state index >= 15 is 0 Å². The minimum atomic E-state index is -0.295. The van der Waals surface area contributed by atoms with Crippen LogP contribution in [0.4, 0.5) is 5.13 Å². The summed E-state index contributed by atoms with van der Waals surface area (Å²) in [5.41, 5.74) is 4.00. The summed E-state index contributed by atoms with van der Waals surface area (Å²) in [7, 11) is 0. The molecule has 0 aliphatic heterocycles. The van der Waals surface area contributed by atoms with Crippen LogP contribution in [0.2, 0.25) is 0 Å². The number of benzene rings is 2. The summed E-state index contributed by atoms with van der Waals surface area (Å²) in [6, 6.07) is 14.1. The summed E-state index contributed by atoms with van der Waals surface area (Å²) in [6.07, 6.45) is 5.62. The van der Waals surface area contributed by atoms with Crippen molar-refractivity contribution in [2.24, 2.45) is 0 Å². The topological polar surface area (TPSA) is 96.0 Å². The van der Waals surface area contributed by atoms with E-state index < -0.39 is 0 Å².